The number of imidazole rings is 2. The van der Waals surface area contributed by atoms with Crippen LogP contribution in [-0.4, -0.2) is 192 Å². The first kappa shape index (κ1) is 74.9. The number of aromatic amines is 6. The van der Waals surface area contributed by atoms with Gasteiger partial charge in [-0.15, -0.1) is 0 Å². The zero-order chi connectivity index (χ0) is 73.3. The lowest BCUT2D eigenvalue weighted by Gasteiger charge is -2.22. The molecule has 4 unspecified atom stereocenters. The van der Waals surface area contributed by atoms with Gasteiger partial charge in [0.2, 0.25) is 35.7 Å². The summed E-state index contributed by atoms with van der Waals surface area (Å²) in [5.74, 6) is 1.48. The van der Waals surface area contributed by atoms with E-state index in [1.165, 1.54) is 28.1 Å². The van der Waals surface area contributed by atoms with Gasteiger partial charge in [0.1, 0.15) is 47.2 Å². The molecular formula is C61H90N28O12. The van der Waals surface area contributed by atoms with Crippen LogP contribution in [0.2, 0.25) is 0 Å². The molecular weight excluding hydrogens is 1320 g/mol. The van der Waals surface area contributed by atoms with Crippen LogP contribution < -0.4 is 68.0 Å². The van der Waals surface area contributed by atoms with Crippen LogP contribution in [0.5, 0.6) is 0 Å². The summed E-state index contributed by atoms with van der Waals surface area (Å²) in [7, 11) is 1.75. The van der Waals surface area contributed by atoms with E-state index in [-0.39, 0.29) is 88.3 Å². The Labute approximate surface area is 574 Å². The number of likely N-dealkylation sites (tertiary alicyclic amines) is 2. The molecule has 0 spiro atoms. The average Bonchev–Trinajstić information content (AvgIpc) is 1.68. The number of aryl methyl sites for hydroxylation is 2. The predicted octanol–water partition coefficient (Wildman–Crippen LogP) is -1.14. The number of aromatic nitrogens is 20. The molecule has 0 amide bonds. The second kappa shape index (κ2) is 32.3. The van der Waals surface area contributed by atoms with E-state index in [9.17, 15) is 49.2 Å². The summed E-state index contributed by atoms with van der Waals surface area (Å²) in [4.78, 5) is 128. The molecule has 4 aliphatic heterocycles. The number of β-amino-alcohol motifs (C(OH)–C–C–N with tert-alkyl or cyclic N) is 1. The Balaban J connectivity index is 0.000000142. The van der Waals surface area contributed by atoms with Crippen molar-refractivity contribution >= 4 is 80.1 Å². The van der Waals surface area contributed by atoms with Crippen LogP contribution in [-0.2, 0) is 36.2 Å². The smallest absolute Gasteiger partial charge is 0.354 e. The number of aliphatic hydroxyl groups excluding tert-OH is 4. The number of fused-ring (bicyclic) bond motifs is 4. The number of nitrogens with one attached hydrogen (secondary N) is 6. The Hall–Kier alpha value is -10.4. The minimum absolute atomic E-state index is 0.0631. The first-order valence-corrected chi connectivity index (χ1v) is 32.9. The molecule has 0 saturated carbocycles. The van der Waals surface area contributed by atoms with Gasteiger partial charge in [0.25, 0.3) is 22.2 Å². The molecule has 10 aromatic rings. The van der Waals surface area contributed by atoms with E-state index in [1.807, 2.05) is 17.7 Å². The fourth-order valence-electron chi connectivity index (χ4n) is 12.0. The van der Waals surface area contributed by atoms with Crippen molar-refractivity contribution in [2.45, 2.75) is 150 Å². The molecule has 4 saturated heterocycles. The molecule has 4 aliphatic rings. The van der Waals surface area contributed by atoms with Crippen molar-refractivity contribution < 1.29 is 29.9 Å². The number of ether oxygens (including phenoxy) is 2. The fourth-order valence-corrected chi connectivity index (χ4v) is 12.0. The van der Waals surface area contributed by atoms with E-state index in [0.717, 1.165) is 56.6 Å². The number of nitrogens with two attached hydrogens (primary N) is 6. The number of hydrogen-bond acceptors (Lipinski definition) is 30. The average molecular weight is 1410 g/mol. The lowest BCUT2D eigenvalue weighted by molar-refractivity contribution is -0.0221. The number of aliphatic hydroxyl groups is 4. The molecule has 4 fully saturated rings. The number of anilines is 6. The third-order valence-electron chi connectivity index (χ3n) is 18.3. The Morgan fingerprint density at radius 1 is 0.554 bits per heavy atom. The molecule has 10 aromatic heterocycles. The number of hydrogen-bond donors (Lipinski definition) is 16. The van der Waals surface area contributed by atoms with Gasteiger partial charge in [-0.2, -0.15) is 19.9 Å². The van der Waals surface area contributed by atoms with Gasteiger partial charge in [-0.05, 0) is 49.4 Å². The van der Waals surface area contributed by atoms with Crippen LogP contribution in [0, 0.1) is 23.2 Å². The van der Waals surface area contributed by atoms with Crippen molar-refractivity contribution in [3.05, 3.63) is 111 Å². The Morgan fingerprint density at radius 2 is 1.04 bits per heavy atom. The molecule has 14 heterocycles. The monoisotopic (exact) mass is 1410 g/mol. The maximum Gasteiger partial charge on any atom is 0.354 e. The zero-order valence-electron chi connectivity index (χ0n) is 57.3. The summed E-state index contributed by atoms with van der Waals surface area (Å²) in [6, 6.07) is 0. The Kier molecular flexibility index (Phi) is 23.9. The molecule has 40 heteroatoms. The number of rotatable bonds is 13. The van der Waals surface area contributed by atoms with Gasteiger partial charge in [0.15, 0.2) is 22.3 Å². The highest BCUT2D eigenvalue weighted by molar-refractivity contribution is 5.79. The Bertz CT molecular complexity index is 4710. The topological polar surface area (TPSA) is 608 Å². The fraction of sp³-hybridized carbons (Fsp3) is 0.541. The molecule has 546 valence electrons. The van der Waals surface area contributed by atoms with E-state index in [4.69, 9.17) is 43.9 Å². The molecule has 0 aromatic carbocycles. The van der Waals surface area contributed by atoms with Gasteiger partial charge in [0, 0.05) is 95.8 Å². The van der Waals surface area contributed by atoms with Crippen molar-refractivity contribution in [3.8, 4) is 0 Å². The zero-order valence-corrected chi connectivity index (χ0v) is 57.3. The maximum atomic E-state index is 11.7. The third kappa shape index (κ3) is 18.2. The first-order valence-electron chi connectivity index (χ1n) is 32.9. The van der Waals surface area contributed by atoms with Crippen molar-refractivity contribution in [3.63, 3.8) is 0 Å². The number of H-pyrrole nitrogens is 6. The van der Waals surface area contributed by atoms with Crippen molar-refractivity contribution in [2.75, 3.05) is 67.2 Å². The summed E-state index contributed by atoms with van der Waals surface area (Å²) in [6.07, 6.45) is 10.9. The van der Waals surface area contributed by atoms with Crippen LogP contribution in [0.1, 0.15) is 111 Å². The second-order valence-corrected chi connectivity index (χ2v) is 26.1. The standard InChI is InChI=1S/2C13H19N5O2.C12H19N5O.C9H14N4O3.C8H12N4O3.C6H7N5O/c1-7-3-18(5-9(7)6-19)4-8-2-15-11-10(8)16-13(14)17-12(11)20;1-2-7-4-18(6-9(7)19)5-8-3-15-11-10(8)16-13(14)17-12(11)20;1-4-12(2,3)5-6-17-7-14-8-9(17)15-11(13)16-10(8)18;1-2-6-5(14)3-7(16-6)13-4-11-8(10)12-9(13)15;1-4-5(13)2-6(15-4)12-3-10-7(9)11-8(12)14;1-11-2-8-3-4(11)9-6(7)10-5(3)12/h2,7,9,15,19H,3-6H2,1H3,(H3,14,16,17,20);3,7,9,15,19H,2,4-6H2,1H3,(H3,14,16,17,20);7H,4-6H2,1-3H3,(H3,13,15,16,18);4-7,14H,2-3H2,1H3,(H2,10,12,15);3-6,13H,2H2,1H3,(H2,9,11,14);2H,1H3,(H3,7,9,10,12)/t;;;5-,6+,7+;4-,5+,6-;/m...01./s1. The van der Waals surface area contributed by atoms with Gasteiger partial charge < -0.3 is 83.4 Å². The minimum Gasteiger partial charge on any atom is -0.396 e. The van der Waals surface area contributed by atoms with Gasteiger partial charge in [-0.1, -0.05) is 48.0 Å². The summed E-state index contributed by atoms with van der Waals surface area (Å²) in [6.45, 7) is 20.2. The predicted molar refractivity (Wildman–Crippen MR) is 374 cm³/mol. The van der Waals surface area contributed by atoms with Crippen LogP contribution >= 0.6 is 0 Å². The second-order valence-electron chi connectivity index (χ2n) is 26.1. The highest BCUT2D eigenvalue weighted by atomic mass is 16.5. The summed E-state index contributed by atoms with van der Waals surface area (Å²) in [5.41, 5.74) is 36.5. The minimum atomic E-state index is -0.570. The molecule has 0 bridgehead atoms. The van der Waals surface area contributed by atoms with E-state index in [2.05, 4.69) is 124 Å². The lowest BCUT2D eigenvalue weighted by Crippen LogP contribution is -2.28. The van der Waals surface area contributed by atoms with Crippen molar-refractivity contribution in [1.29, 1.82) is 0 Å². The number of nitrogen functional groups attached to an aromatic ring is 6. The number of nitrogens with zero attached hydrogens (tertiary/aromatic N) is 16. The van der Waals surface area contributed by atoms with Crippen LogP contribution in [0.3, 0.4) is 0 Å². The van der Waals surface area contributed by atoms with Crippen LogP contribution in [0.25, 0.3) is 44.4 Å². The van der Waals surface area contributed by atoms with Crippen LogP contribution in [0.15, 0.2) is 66.5 Å². The summed E-state index contributed by atoms with van der Waals surface area (Å²) < 4.78 is 16.9. The van der Waals surface area contributed by atoms with Gasteiger partial charge in [-0.25, -0.2) is 39.5 Å². The largest absolute Gasteiger partial charge is 0.396 e. The van der Waals surface area contributed by atoms with Crippen molar-refractivity contribution in [2.24, 2.45) is 30.2 Å². The molecule has 40 nitrogen and oxygen atoms in total. The van der Waals surface area contributed by atoms with E-state index in [0.29, 0.717) is 101 Å². The first-order chi connectivity index (χ1) is 48.0. The molecule has 14 rings (SSSR count). The quantitative estimate of drug-likeness (QED) is 0.0649. The van der Waals surface area contributed by atoms with Gasteiger partial charge in [-0.3, -0.25) is 58.0 Å². The highest BCUT2D eigenvalue weighted by Gasteiger charge is 2.36. The third-order valence-corrected chi connectivity index (χ3v) is 18.3. The SMILES string of the molecule is CC1CN(Cc2c[nH]c3c(=O)[nH]c(N)nc23)CC1CO.CCC(C)(C)CCn1cnc2c(=O)[nH]c(N)nc21.CCC1CN(Cc2c[nH]c3c(=O)[nH]c(N)nc23)CC1O.CC[C@H]1O[C@@H](n2cnc(N)nc2=O)C[C@@H]1O.C[C@H]1O[C@@H](n2cnc(N)nc2=O)C[C@@H]1O.Cn1cnc2c(=O)[nH]c(N)nc21. The molecule has 10 atom stereocenters. The molecule has 22 N–H and O–H groups in total. The normalized spacial score (nSPS) is 22.1. The lowest BCUT2D eigenvalue weighted by atomic mass is 9.86. The van der Waals surface area contributed by atoms with E-state index in [1.54, 1.807) is 31.1 Å². The van der Waals surface area contributed by atoms with Gasteiger partial charge in [0.05, 0.1) is 43.2 Å². The summed E-state index contributed by atoms with van der Waals surface area (Å²) >= 11 is 0. The maximum absolute atomic E-state index is 11.7. The van der Waals surface area contributed by atoms with E-state index >= 15 is 0 Å². The highest BCUT2D eigenvalue weighted by Crippen LogP contribution is 2.31. The van der Waals surface area contributed by atoms with Gasteiger partial charge >= 0.3 is 11.4 Å². The Morgan fingerprint density at radius 3 is 1.51 bits per heavy atom. The van der Waals surface area contributed by atoms with Crippen molar-refractivity contribution in [1.82, 2.24) is 108 Å². The summed E-state index contributed by atoms with van der Waals surface area (Å²) in [5, 5.41) is 38.4. The van der Waals surface area contributed by atoms with Crippen LogP contribution in [0.4, 0.5) is 35.7 Å². The van der Waals surface area contributed by atoms with E-state index < -0.39 is 36.0 Å². The molecule has 101 heavy (non-hydrogen) atoms. The molecule has 0 aliphatic carbocycles. The molecule has 0 radical (unpaired) electrons.